The van der Waals surface area contributed by atoms with E-state index in [1.54, 1.807) is 9.47 Å². The Hall–Kier alpha value is -1.17. The standard InChI is InChI=1S/C14H16OP/c1-14(15-16,12-8-4-2-5-9-12)13-10-6-3-7-11-13/h2-11H,1,16H3/q+1. The van der Waals surface area contributed by atoms with Crippen LogP contribution in [0.15, 0.2) is 60.7 Å². The lowest BCUT2D eigenvalue weighted by Crippen LogP contribution is -2.23. The number of rotatable bonds is 3. The van der Waals surface area contributed by atoms with Crippen molar-refractivity contribution < 1.29 is 4.52 Å². The quantitative estimate of drug-likeness (QED) is 0.735. The second-order valence-corrected chi connectivity index (χ2v) is 4.20. The van der Waals surface area contributed by atoms with E-state index < -0.39 is 0 Å². The average Bonchev–Trinajstić information content (AvgIpc) is 2.40. The smallest absolute Gasteiger partial charge is 0.158 e. The molecule has 0 saturated heterocycles. The van der Waals surface area contributed by atoms with Gasteiger partial charge in [0.2, 0.25) is 0 Å². The molecule has 1 nitrogen and oxygen atoms in total. The topological polar surface area (TPSA) is 9.23 Å². The normalized spacial score (nSPS) is 11.6. The molecule has 0 radical (unpaired) electrons. The van der Waals surface area contributed by atoms with Crippen LogP contribution in [0.5, 0.6) is 0 Å². The highest BCUT2D eigenvalue weighted by molar-refractivity contribution is 7.09. The summed E-state index contributed by atoms with van der Waals surface area (Å²) < 4.78 is 5.74. The van der Waals surface area contributed by atoms with Gasteiger partial charge in [0.05, 0.1) is 0 Å². The Morgan fingerprint density at radius 2 is 1.19 bits per heavy atom. The van der Waals surface area contributed by atoms with Crippen molar-refractivity contribution in [2.24, 2.45) is 0 Å². The van der Waals surface area contributed by atoms with Crippen LogP contribution in [-0.2, 0) is 10.1 Å². The lowest BCUT2D eigenvalue weighted by atomic mass is 9.88. The molecule has 0 aliphatic carbocycles. The Morgan fingerprint density at radius 1 is 0.812 bits per heavy atom. The van der Waals surface area contributed by atoms with Crippen LogP contribution in [0.25, 0.3) is 0 Å². The first-order valence-corrected chi connectivity index (χ1v) is 5.89. The molecule has 2 aromatic rings. The predicted molar refractivity (Wildman–Crippen MR) is 71.5 cm³/mol. The van der Waals surface area contributed by atoms with Crippen molar-refractivity contribution in [2.75, 3.05) is 0 Å². The zero-order valence-electron chi connectivity index (χ0n) is 9.39. The molecule has 2 aromatic carbocycles. The summed E-state index contributed by atoms with van der Waals surface area (Å²) in [6, 6.07) is 20.6. The minimum atomic E-state index is -0.360. The van der Waals surface area contributed by atoms with Crippen LogP contribution in [0.4, 0.5) is 0 Å². The van der Waals surface area contributed by atoms with Crippen LogP contribution >= 0.6 is 9.47 Å². The highest BCUT2D eigenvalue weighted by Gasteiger charge is 2.30. The summed E-state index contributed by atoms with van der Waals surface area (Å²) >= 11 is 0. The van der Waals surface area contributed by atoms with Gasteiger partial charge in [0.1, 0.15) is 9.47 Å². The van der Waals surface area contributed by atoms with Crippen molar-refractivity contribution in [3.63, 3.8) is 0 Å². The van der Waals surface area contributed by atoms with Crippen molar-refractivity contribution in [1.82, 2.24) is 0 Å². The molecule has 2 heteroatoms. The van der Waals surface area contributed by atoms with Crippen LogP contribution in [0.1, 0.15) is 18.1 Å². The van der Waals surface area contributed by atoms with Gasteiger partial charge in [0.15, 0.2) is 5.60 Å². The first-order chi connectivity index (χ1) is 7.77. The molecule has 0 aliphatic rings. The van der Waals surface area contributed by atoms with E-state index in [0.29, 0.717) is 0 Å². The van der Waals surface area contributed by atoms with Gasteiger partial charge in [-0.15, -0.1) is 0 Å². The summed E-state index contributed by atoms with van der Waals surface area (Å²) in [6.45, 7) is 2.10. The third-order valence-electron chi connectivity index (χ3n) is 2.94. The molecule has 16 heavy (non-hydrogen) atoms. The fraction of sp³-hybridized carbons (Fsp3) is 0.143. The van der Waals surface area contributed by atoms with E-state index in [0.717, 1.165) is 0 Å². The van der Waals surface area contributed by atoms with Gasteiger partial charge in [-0.2, -0.15) is 0 Å². The van der Waals surface area contributed by atoms with E-state index in [4.69, 9.17) is 4.52 Å². The first kappa shape index (κ1) is 11.3. The van der Waals surface area contributed by atoms with E-state index in [1.807, 2.05) is 36.4 Å². The third-order valence-corrected chi connectivity index (χ3v) is 3.52. The van der Waals surface area contributed by atoms with Crippen molar-refractivity contribution >= 4 is 9.47 Å². The third kappa shape index (κ3) is 2.02. The van der Waals surface area contributed by atoms with Gasteiger partial charge in [-0.25, -0.2) is 4.52 Å². The maximum absolute atomic E-state index is 5.74. The molecule has 1 unspecified atom stereocenters. The maximum atomic E-state index is 5.74. The van der Waals surface area contributed by atoms with E-state index in [2.05, 4.69) is 31.2 Å². The molecule has 0 saturated carbocycles. The Kier molecular flexibility index (Phi) is 3.38. The fourth-order valence-corrected chi connectivity index (χ4v) is 2.18. The van der Waals surface area contributed by atoms with E-state index in [9.17, 15) is 0 Å². The maximum Gasteiger partial charge on any atom is 0.158 e. The molecule has 0 aliphatic heterocycles. The summed E-state index contributed by atoms with van der Waals surface area (Å²) in [5.41, 5.74) is 1.99. The second-order valence-electron chi connectivity index (χ2n) is 3.91. The molecule has 2 rings (SSSR count). The summed E-state index contributed by atoms with van der Waals surface area (Å²) in [5.74, 6) is 0. The summed E-state index contributed by atoms with van der Waals surface area (Å²) in [7, 11) is 1.54. The monoisotopic (exact) mass is 231 g/mol. The van der Waals surface area contributed by atoms with Crippen molar-refractivity contribution in [2.45, 2.75) is 12.5 Å². The first-order valence-electron chi connectivity index (χ1n) is 5.31. The molecule has 0 spiro atoms. The number of hydrogen-bond donors (Lipinski definition) is 0. The number of hydrogen-bond acceptors (Lipinski definition) is 1. The molecule has 0 aromatic heterocycles. The predicted octanol–water partition coefficient (Wildman–Crippen LogP) is 3.49. The minimum absolute atomic E-state index is 0.360. The molecule has 0 N–H and O–H groups in total. The molecule has 1 atom stereocenters. The van der Waals surface area contributed by atoms with Crippen LogP contribution in [0.3, 0.4) is 0 Å². The van der Waals surface area contributed by atoms with E-state index in [-0.39, 0.29) is 5.60 Å². The summed E-state index contributed by atoms with van der Waals surface area (Å²) in [6.07, 6.45) is 0. The molecular formula is C14H16OP+. The Labute approximate surface area is 98.7 Å². The summed E-state index contributed by atoms with van der Waals surface area (Å²) in [4.78, 5) is 0. The van der Waals surface area contributed by atoms with Crippen LogP contribution in [0, 0.1) is 0 Å². The molecule has 0 heterocycles. The highest BCUT2D eigenvalue weighted by Crippen LogP contribution is 2.34. The van der Waals surface area contributed by atoms with Gasteiger partial charge in [0.25, 0.3) is 0 Å². The van der Waals surface area contributed by atoms with Gasteiger partial charge in [-0.1, -0.05) is 60.7 Å². The van der Waals surface area contributed by atoms with Gasteiger partial charge < -0.3 is 0 Å². The Bertz CT molecular complexity index is 399. The molecule has 0 amide bonds. The average molecular weight is 231 g/mol. The zero-order chi connectivity index (χ0) is 11.4. The second kappa shape index (κ2) is 4.78. The largest absolute Gasteiger partial charge is 0.230 e. The SMILES string of the molecule is CC(O[PH3+])(c1ccccc1)c1ccccc1. The Balaban J connectivity index is 2.49. The van der Waals surface area contributed by atoms with Gasteiger partial charge in [-0.05, 0) is 18.1 Å². The van der Waals surface area contributed by atoms with E-state index >= 15 is 0 Å². The van der Waals surface area contributed by atoms with Crippen LogP contribution in [-0.4, -0.2) is 0 Å². The number of benzene rings is 2. The lowest BCUT2D eigenvalue weighted by Gasteiger charge is -2.25. The van der Waals surface area contributed by atoms with E-state index in [1.165, 1.54) is 11.1 Å². The van der Waals surface area contributed by atoms with Crippen molar-refractivity contribution in [3.05, 3.63) is 71.8 Å². The molecular weight excluding hydrogens is 215 g/mol. The molecule has 0 bridgehead atoms. The minimum Gasteiger partial charge on any atom is -0.230 e. The van der Waals surface area contributed by atoms with Gasteiger partial charge >= 0.3 is 0 Å². The zero-order valence-corrected chi connectivity index (χ0v) is 10.8. The van der Waals surface area contributed by atoms with Crippen LogP contribution in [0.2, 0.25) is 0 Å². The van der Waals surface area contributed by atoms with Crippen molar-refractivity contribution in [3.8, 4) is 0 Å². The molecule has 82 valence electrons. The van der Waals surface area contributed by atoms with Gasteiger partial charge in [0, 0.05) is 0 Å². The lowest BCUT2D eigenvalue weighted by molar-refractivity contribution is 0.165. The Morgan fingerprint density at radius 3 is 1.50 bits per heavy atom. The van der Waals surface area contributed by atoms with Crippen LogP contribution < -0.4 is 0 Å². The molecule has 0 fully saturated rings. The van der Waals surface area contributed by atoms with Crippen molar-refractivity contribution in [1.29, 1.82) is 0 Å². The summed E-state index contributed by atoms with van der Waals surface area (Å²) in [5, 5.41) is 0. The fourth-order valence-electron chi connectivity index (χ4n) is 1.85. The highest BCUT2D eigenvalue weighted by atomic mass is 31.0. The van der Waals surface area contributed by atoms with Gasteiger partial charge in [-0.3, -0.25) is 0 Å².